The minimum absolute atomic E-state index is 0.150. The molecule has 0 radical (unpaired) electrons. The molecule has 0 unspecified atom stereocenters. The quantitative estimate of drug-likeness (QED) is 0.743. The number of aryl methyl sites for hydroxylation is 1. The lowest BCUT2D eigenvalue weighted by Gasteiger charge is -2.20. The van der Waals surface area contributed by atoms with Crippen LogP contribution in [0.2, 0.25) is 0 Å². The van der Waals surface area contributed by atoms with Crippen molar-refractivity contribution in [3.63, 3.8) is 0 Å². The summed E-state index contributed by atoms with van der Waals surface area (Å²) in [6.45, 7) is 3.91. The van der Waals surface area contributed by atoms with Gasteiger partial charge in [0.2, 0.25) is 0 Å². The van der Waals surface area contributed by atoms with Crippen LogP contribution in [0.25, 0.3) is 6.08 Å². The molecule has 4 nitrogen and oxygen atoms in total. The Hall–Kier alpha value is -1.49. The first-order valence-electron chi connectivity index (χ1n) is 7.06. The Labute approximate surface area is 122 Å². The molecule has 0 bridgehead atoms. The third-order valence-corrected chi connectivity index (χ3v) is 4.56. The molecule has 0 atom stereocenters. The average molecular weight is 290 g/mol. The molecule has 106 valence electrons. The number of hydrogen-bond acceptors (Lipinski definition) is 4. The van der Waals surface area contributed by atoms with Crippen molar-refractivity contribution in [2.75, 3.05) is 13.1 Å². The number of aliphatic imine (C=N–C) groups is 1. The highest BCUT2D eigenvalue weighted by Crippen LogP contribution is 2.31. The van der Waals surface area contributed by atoms with Crippen molar-refractivity contribution >= 4 is 28.9 Å². The van der Waals surface area contributed by atoms with Crippen LogP contribution in [0.5, 0.6) is 0 Å². The number of amidine groups is 1. The first kappa shape index (κ1) is 13.5. The van der Waals surface area contributed by atoms with E-state index < -0.39 is 0 Å². The Morgan fingerprint density at radius 2 is 2.00 bits per heavy atom. The molecule has 0 spiro atoms. The van der Waals surface area contributed by atoms with E-state index >= 15 is 0 Å². The summed E-state index contributed by atoms with van der Waals surface area (Å²) in [6, 6.07) is 3.77. The summed E-state index contributed by atoms with van der Waals surface area (Å²) in [5.41, 5.74) is 0. The monoisotopic (exact) mass is 290 g/mol. The van der Waals surface area contributed by atoms with Gasteiger partial charge in [0.25, 0.3) is 5.91 Å². The molecule has 0 N–H and O–H groups in total. The molecular weight excluding hydrogens is 272 g/mol. The second kappa shape index (κ2) is 5.87. The van der Waals surface area contributed by atoms with Gasteiger partial charge in [0.15, 0.2) is 5.17 Å². The van der Waals surface area contributed by atoms with Gasteiger partial charge in [-0.2, -0.15) is 4.99 Å². The van der Waals surface area contributed by atoms with Gasteiger partial charge in [-0.1, -0.05) is 12.8 Å². The Kier molecular flexibility index (Phi) is 3.96. The van der Waals surface area contributed by atoms with E-state index in [0.717, 1.165) is 24.0 Å². The zero-order valence-electron chi connectivity index (χ0n) is 11.6. The van der Waals surface area contributed by atoms with E-state index in [1.54, 1.807) is 6.08 Å². The molecule has 0 aliphatic carbocycles. The molecule has 1 aromatic rings. The highest BCUT2D eigenvalue weighted by atomic mass is 32.2. The fourth-order valence-corrected chi connectivity index (χ4v) is 3.40. The van der Waals surface area contributed by atoms with Gasteiger partial charge in [0.1, 0.15) is 11.5 Å². The molecule has 3 rings (SSSR count). The maximum atomic E-state index is 12.0. The van der Waals surface area contributed by atoms with Crippen LogP contribution in [0, 0.1) is 6.92 Å². The molecule has 1 fully saturated rings. The van der Waals surface area contributed by atoms with Gasteiger partial charge >= 0.3 is 0 Å². The summed E-state index contributed by atoms with van der Waals surface area (Å²) in [5, 5.41) is 0.853. The number of nitrogens with zero attached hydrogens (tertiary/aromatic N) is 2. The zero-order valence-corrected chi connectivity index (χ0v) is 12.4. The van der Waals surface area contributed by atoms with Gasteiger partial charge in [-0.05, 0) is 43.7 Å². The lowest BCUT2D eigenvalue weighted by Crippen LogP contribution is -2.28. The standard InChI is InChI=1S/C15H18N2O2S/c1-11-6-7-12(19-11)10-13-14(18)16-15(20-13)17-8-4-2-3-5-9-17/h6-7,10H,2-5,8-9H2,1H3/b13-10-. The van der Waals surface area contributed by atoms with Crippen molar-refractivity contribution in [3.05, 3.63) is 28.6 Å². The summed E-state index contributed by atoms with van der Waals surface area (Å²) in [6.07, 6.45) is 6.70. The van der Waals surface area contributed by atoms with Crippen molar-refractivity contribution in [2.24, 2.45) is 4.99 Å². The first-order valence-corrected chi connectivity index (χ1v) is 7.88. The molecule has 2 aliphatic heterocycles. The normalized spacial score (nSPS) is 22.2. The van der Waals surface area contributed by atoms with Gasteiger partial charge < -0.3 is 9.32 Å². The van der Waals surface area contributed by atoms with E-state index in [0.29, 0.717) is 10.7 Å². The average Bonchev–Trinajstić information content (AvgIpc) is 2.88. The molecule has 0 aromatic carbocycles. The van der Waals surface area contributed by atoms with Gasteiger partial charge in [-0.3, -0.25) is 4.79 Å². The van der Waals surface area contributed by atoms with Crippen molar-refractivity contribution < 1.29 is 9.21 Å². The molecule has 20 heavy (non-hydrogen) atoms. The van der Waals surface area contributed by atoms with E-state index in [1.165, 1.54) is 37.4 Å². The van der Waals surface area contributed by atoms with E-state index in [4.69, 9.17) is 4.42 Å². The molecule has 1 saturated heterocycles. The van der Waals surface area contributed by atoms with E-state index in [1.807, 2.05) is 19.1 Å². The van der Waals surface area contributed by atoms with Gasteiger partial charge in [0.05, 0.1) is 4.91 Å². The van der Waals surface area contributed by atoms with Crippen LogP contribution >= 0.6 is 11.8 Å². The Morgan fingerprint density at radius 3 is 2.65 bits per heavy atom. The summed E-state index contributed by atoms with van der Waals surface area (Å²) in [5.74, 6) is 1.41. The summed E-state index contributed by atoms with van der Waals surface area (Å²) >= 11 is 1.47. The predicted molar refractivity (Wildman–Crippen MR) is 81.5 cm³/mol. The summed E-state index contributed by atoms with van der Waals surface area (Å²) < 4.78 is 5.49. The second-order valence-corrected chi connectivity index (χ2v) is 6.17. The minimum atomic E-state index is -0.150. The van der Waals surface area contributed by atoms with Crippen molar-refractivity contribution in [1.82, 2.24) is 4.90 Å². The van der Waals surface area contributed by atoms with Crippen molar-refractivity contribution in [3.8, 4) is 0 Å². The molecule has 1 amide bonds. The highest BCUT2D eigenvalue weighted by molar-refractivity contribution is 8.18. The number of carbonyl (C=O) groups excluding carboxylic acids is 1. The Bertz CT molecular complexity index is 566. The Balaban J connectivity index is 1.73. The number of furan rings is 1. The van der Waals surface area contributed by atoms with Gasteiger partial charge in [-0.25, -0.2) is 0 Å². The third-order valence-electron chi connectivity index (χ3n) is 3.52. The minimum Gasteiger partial charge on any atom is -0.462 e. The van der Waals surface area contributed by atoms with Crippen molar-refractivity contribution in [1.29, 1.82) is 0 Å². The van der Waals surface area contributed by atoms with Gasteiger partial charge in [-0.15, -0.1) is 0 Å². The second-order valence-electron chi connectivity index (χ2n) is 5.16. The van der Waals surface area contributed by atoms with Crippen molar-refractivity contribution in [2.45, 2.75) is 32.6 Å². The summed E-state index contributed by atoms with van der Waals surface area (Å²) in [4.78, 5) is 19.1. The number of hydrogen-bond donors (Lipinski definition) is 0. The van der Waals surface area contributed by atoms with Crippen LogP contribution in [-0.2, 0) is 4.79 Å². The Morgan fingerprint density at radius 1 is 1.25 bits per heavy atom. The molecule has 5 heteroatoms. The van der Waals surface area contributed by atoms with E-state index in [2.05, 4.69) is 9.89 Å². The molecule has 2 aliphatic rings. The number of thioether (sulfide) groups is 1. The largest absolute Gasteiger partial charge is 0.462 e. The van der Waals surface area contributed by atoms with Gasteiger partial charge in [0, 0.05) is 19.2 Å². The first-order chi connectivity index (χ1) is 9.72. The fraction of sp³-hybridized carbons (Fsp3) is 0.467. The van der Waals surface area contributed by atoms with Crippen LogP contribution in [0.15, 0.2) is 26.4 Å². The summed E-state index contributed by atoms with van der Waals surface area (Å²) in [7, 11) is 0. The maximum absolute atomic E-state index is 12.0. The lowest BCUT2D eigenvalue weighted by atomic mass is 10.2. The third kappa shape index (κ3) is 2.98. The van der Waals surface area contributed by atoms with Crippen LogP contribution in [0.4, 0.5) is 0 Å². The highest BCUT2D eigenvalue weighted by Gasteiger charge is 2.26. The number of amides is 1. The SMILES string of the molecule is Cc1ccc(/C=C2\SC(N3CCCCCC3)=NC2=O)o1. The van der Waals surface area contributed by atoms with Crippen LogP contribution in [0.1, 0.15) is 37.2 Å². The fourth-order valence-electron chi connectivity index (χ4n) is 2.46. The molecule has 1 aromatic heterocycles. The topological polar surface area (TPSA) is 45.8 Å². The molecular formula is C15H18N2O2S. The predicted octanol–water partition coefficient (Wildman–Crippen LogP) is 3.43. The number of likely N-dealkylation sites (tertiary alicyclic amines) is 1. The van der Waals surface area contributed by atoms with Crippen LogP contribution in [-0.4, -0.2) is 29.1 Å². The van der Waals surface area contributed by atoms with Crippen LogP contribution in [0.3, 0.4) is 0 Å². The lowest BCUT2D eigenvalue weighted by molar-refractivity contribution is -0.113. The maximum Gasteiger partial charge on any atom is 0.286 e. The van der Waals surface area contributed by atoms with E-state index in [-0.39, 0.29) is 5.91 Å². The molecule has 3 heterocycles. The number of carbonyl (C=O) groups is 1. The zero-order chi connectivity index (χ0) is 13.9. The number of rotatable bonds is 1. The van der Waals surface area contributed by atoms with E-state index in [9.17, 15) is 4.79 Å². The smallest absolute Gasteiger partial charge is 0.286 e. The van der Waals surface area contributed by atoms with Crippen LogP contribution < -0.4 is 0 Å². The molecule has 0 saturated carbocycles.